The average molecular weight is 552 g/mol. The summed E-state index contributed by atoms with van der Waals surface area (Å²) in [6.45, 7) is 3.84. The molecule has 204 valence electrons. The monoisotopic (exact) mass is 551 g/mol. The molecule has 0 saturated heterocycles. The van der Waals surface area contributed by atoms with Crippen molar-refractivity contribution in [2.45, 2.75) is 56.9 Å². The van der Waals surface area contributed by atoms with Crippen molar-refractivity contribution >= 4 is 21.7 Å². The maximum atomic E-state index is 12.6. The summed E-state index contributed by atoms with van der Waals surface area (Å²) in [5.41, 5.74) is 8.05. The lowest BCUT2D eigenvalue weighted by Crippen LogP contribution is -2.51. The number of hydrogen-bond acceptors (Lipinski definition) is 9. The van der Waals surface area contributed by atoms with Gasteiger partial charge in [0.25, 0.3) is 10.0 Å². The predicted octanol–water partition coefficient (Wildman–Crippen LogP) is 2.74. The normalized spacial score (nSPS) is 20.0. The molecule has 13 heteroatoms. The highest BCUT2D eigenvalue weighted by Gasteiger charge is 2.39. The van der Waals surface area contributed by atoms with Crippen molar-refractivity contribution in [1.29, 1.82) is 0 Å². The van der Waals surface area contributed by atoms with Crippen LogP contribution in [-0.4, -0.2) is 60.7 Å². The van der Waals surface area contributed by atoms with Crippen LogP contribution in [0.25, 0.3) is 11.4 Å². The van der Waals surface area contributed by atoms with Crippen molar-refractivity contribution < 1.29 is 12.8 Å². The standard InChI is InChI=1S/C26H30FN9O2S/c1-3-18(2)26(28)12-24(30-15-21(26)5-4-19-13-31-35(16-19)11-9-27)33-23-8-10-29-25(34-23)20-14-32-36(17-20)39(37,38)22-6-7-22/h8,10,13-18,22H,3,6-7,9,11-12,28H2,1-2H3,(H,29,30,33,34). The minimum absolute atomic E-state index is 0.0971. The van der Waals surface area contributed by atoms with E-state index in [2.05, 4.69) is 56.2 Å². The Bertz CT molecular complexity index is 1590. The fraction of sp³-hybridized carbons (Fsp3) is 0.423. The lowest BCUT2D eigenvalue weighted by atomic mass is 9.74. The van der Waals surface area contributed by atoms with Crippen molar-refractivity contribution in [2.75, 3.05) is 12.0 Å². The highest BCUT2D eigenvalue weighted by atomic mass is 32.2. The van der Waals surface area contributed by atoms with Crippen LogP contribution < -0.4 is 11.1 Å². The van der Waals surface area contributed by atoms with E-state index in [9.17, 15) is 12.8 Å². The Kier molecular flexibility index (Phi) is 7.33. The number of amidine groups is 1. The van der Waals surface area contributed by atoms with Crippen LogP contribution in [0.2, 0.25) is 0 Å². The molecule has 3 aromatic rings. The van der Waals surface area contributed by atoms with Gasteiger partial charge < -0.3 is 11.1 Å². The molecule has 0 aromatic carbocycles. The van der Waals surface area contributed by atoms with Gasteiger partial charge in [-0.2, -0.15) is 14.3 Å². The van der Waals surface area contributed by atoms with Crippen molar-refractivity contribution in [2.24, 2.45) is 16.6 Å². The van der Waals surface area contributed by atoms with E-state index in [1.165, 1.54) is 17.1 Å². The zero-order valence-corrected chi connectivity index (χ0v) is 22.6. The highest BCUT2D eigenvalue weighted by molar-refractivity contribution is 7.90. The van der Waals surface area contributed by atoms with E-state index < -0.39 is 22.2 Å². The Morgan fingerprint density at radius 3 is 2.82 bits per heavy atom. The maximum absolute atomic E-state index is 12.6. The van der Waals surface area contributed by atoms with Crippen molar-refractivity contribution in [1.82, 2.24) is 28.9 Å². The molecule has 4 heterocycles. The predicted molar refractivity (Wildman–Crippen MR) is 146 cm³/mol. The van der Waals surface area contributed by atoms with E-state index in [0.29, 0.717) is 53.4 Å². The van der Waals surface area contributed by atoms with Gasteiger partial charge in [0.2, 0.25) is 0 Å². The topological polar surface area (TPSA) is 146 Å². The Balaban J connectivity index is 1.37. The Morgan fingerprint density at radius 1 is 1.26 bits per heavy atom. The van der Waals surface area contributed by atoms with Gasteiger partial charge in [0.05, 0.1) is 47.1 Å². The molecule has 2 aliphatic rings. The third kappa shape index (κ3) is 5.62. The SMILES string of the molecule is CCC(C)C1(N)CC(Nc2ccnc(-c3cnn(S(=O)(=O)C4CC4)c3)n2)=NC=C1C#Cc1cnn(CCF)c1. The smallest absolute Gasteiger partial charge is 0.256 e. The number of halogens is 1. The van der Waals surface area contributed by atoms with Crippen molar-refractivity contribution in [3.8, 4) is 23.2 Å². The first-order valence-electron chi connectivity index (χ1n) is 12.8. The average Bonchev–Trinajstić information content (AvgIpc) is 3.50. The summed E-state index contributed by atoms with van der Waals surface area (Å²) in [6, 6.07) is 1.70. The van der Waals surface area contributed by atoms with Gasteiger partial charge in [-0.15, -0.1) is 0 Å². The molecular weight excluding hydrogens is 521 g/mol. The van der Waals surface area contributed by atoms with E-state index in [0.717, 1.165) is 10.5 Å². The first-order chi connectivity index (χ1) is 18.7. The Labute approximate surface area is 226 Å². The molecule has 2 unspecified atom stereocenters. The number of anilines is 1. The molecule has 11 nitrogen and oxygen atoms in total. The number of nitrogens with zero attached hydrogens (tertiary/aromatic N) is 7. The van der Waals surface area contributed by atoms with Crippen LogP contribution >= 0.6 is 0 Å². The molecule has 39 heavy (non-hydrogen) atoms. The number of aliphatic imine (C=N–C) groups is 1. The molecule has 0 bridgehead atoms. The number of aryl methyl sites for hydroxylation is 1. The van der Waals surface area contributed by atoms with Gasteiger partial charge in [0, 0.05) is 30.6 Å². The lowest BCUT2D eigenvalue weighted by Gasteiger charge is -2.37. The molecule has 1 aliphatic heterocycles. The van der Waals surface area contributed by atoms with Crippen molar-refractivity contribution in [3.63, 3.8) is 0 Å². The summed E-state index contributed by atoms with van der Waals surface area (Å²) >= 11 is 0. The van der Waals surface area contributed by atoms with Crippen LogP contribution in [0.3, 0.4) is 0 Å². The van der Waals surface area contributed by atoms with Gasteiger partial charge in [-0.05, 0) is 24.8 Å². The third-order valence-corrected chi connectivity index (χ3v) is 9.08. The van der Waals surface area contributed by atoms with Crippen LogP contribution in [-0.2, 0) is 16.6 Å². The van der Waals surface area contributed by atoms with Gasteiger partial charge in [-0.3, -0.25) is 4.68 Å². The first kappa shape index (κ1) is 26.7. The highest BCUT2D eigenvalue weighted by Crippen LogP contribution is 2.33. The lowest BCUT2D eigenvalue weighted by molar-refractivity contribution is 0.344. The van der Waals surface area contributed by atoms with E-state index in [4.69, 9.17) is 5.73 Å². The van der Waals surface area contributed by atoms with E-state index in [-0.39, 0.29) is 17.7 Å². The number of alkyl halides is 1. The molecule has 1 saturated carbocycles. The second-order valence-corrected chi connectivity index (χ2v) is 11.9. The van der Waals surface area contributed by atoms with Crippen molar-refractivity contribution in [3.05, 3.63) is 54.4 Å². The number of aromatic nitrogens is 6. The largest absolute Gasteiger partial charge is 0.328 e. The second kappa shape index (κ2) is 10.7. The number of hydrogen-bond donors (Lipinski definition) is 2. The van der Waals surface area contributed by atoms with Gasteiger partial charge in [0.1, 0.15) is 18.3 Å². The number of nitrogens with two attached hydrogens (primary N) is 1. The molecule has 0 spiro atoms. The Hall–Kier alpha value is -3.89. The summed E-state index contributed by atoms with van der Waals surface area (Å²) < 4.78 is 40.1. The molecule has 5 rings (SSSR count). The quantitative estimate of drug-likeness (QED) is 0.407. The van der Waals surface area contributed by atoms with Gasteiger partial charge in [0.15, 0.2) is 5.82 Å². The van der Waals surface area contributed by atoms with Crippen LogP contribution in [0.4, 0.5) is 10.2 Å². The summed E-state index contributed by atoms with van der Waals surface area (Å²) in [6.07, 6.45) is 12.0. The second-order valence-electron chi connectivity index (χ2n) is 9.81. The Morgan fingerprint density at radius 2 is 2.08 bits per heavy atom. The van der Waals surface area contributed by atoms with E-state index in [1.54, 1.807) is 30.9 Å². The molecular formula is C26H30FN9O2S. The first-order valence-corrected chi connectivity index (χ1v) is 14.3. The third-order valence-electron chi connectivity index (χ3n) is 7.04. The molecule has 1 fully saturated rings. The molecule has 1 aliphatic carbocycles. The summed E-state index contributed by atoms with van der Waals surface area (Å²) in [5.74, 6) is 7.78. The molecule has 0 amide bonds. The minimum Gasteiger partial charge on any atom is -0.328 e. The summed E-state index contributed by atoms with van der Waals surface area (Å²) in [4.78, 5) is 13.4. The van der Waals surface area contributed by atoms with Gasteiger partial charge >= 0.3 is 0 Å². The van der Waals surface area contributed by atoms with Gasteiger partial charge in [-0.25, -0.2) is 27.8 Å². The summed E-state index contributed by atoms with van der Waals surface area (Å²) in [7, 11) is -3.47. The van der Waals surface area contributed by atoms with Crippen LogP contribution in [0.1, 0.15) is 45.1 Å². The van der Waals surface area contributed by atoms with Crippen LogP contribution in [0.15, 0.2) is 53.8 Å². The van der Waals surface area contributed by atoms with Crippen LogP contribution in [0, 0.1) is 17.8 Å². The number of nitrogens with one attached hydrogen (secondary N) is 1. The minimum atomic E-state index is -3.47. The van der Waals surface area contributed by atoms with Crippen LogP contribution in [0.5, 0.6) is 0 Å². The van der Waals surface area contributed by atoms with Gasteiger partial charge in [-0.1, -0.05) is 32.1 Å². The maximum Gasteiger partial charge on any atom is 0.256 e. The number of rotatable bonds is 8. The van der Waals surface area contributed by atoms with E-state index in [1.807, 2.05) is 0 Å². The molecule has 3 N–H and O–H groups in total. The molecule has 3 aromatic heterocycles. The molecule has 2 atom stereocenters. The fourth-order valence-corrected chi connectivity index (χ4v) is 5.76. The van der Waals surface area contributed by atoms with E-state index >= 15 is 0 Å². The zero-order valence-electron chi connectivity index (χ0n) is 21.7. The fourth-order valence-electron chi connectivity index (χ4n) is 4.28. The summed E-state index contributed by atoms with van der Waals surface area (Å²) in [5, 5.41) is 11.0. The zero-order chi connectivity index (χ0) is 27.6. The molecule has 0 radical (unpaired) electrons.